The number of hydrogen-bond donors (Lipinski definition) is 1. The van der Waals surface area contributed by atoms with Gasteiger partial charge in [0.05, 0.1) is 0 Å². The van der Waals surface area contributed by atoms with Crippen molar-refractivity contribution in [3.8, 4) is 0 Å². The minimum Gasteiger partial charge on any atom is -0.350 e. The molecule has 0 aliphatic rings. The standard InChI is InChI=1S/C10H13F3N2O/c1-3-16-9(10(11,12)13)15-8-6-4-5-7(2)14-8/h4-6,9H,3H2,1-2H3,(H,14,15). The third-order valence-electron chi connectivity index (χ3n) is 1.80. The molecule has 1 N–H and O–H groups in total. The predicted octanol–water partition coefficient (Wildman–Crippen LogP) is 2.73. The molecule has 0 saturated heterocycles. The first-order valence-corrected chi connectivity index (χ1v) is 4.82. The molecule has 1 rings (SSSR count). The van der Waals surface area contributed by atoms with Crippen LogP contribution in [0.25, 0.3) is 0 Å². The van der Waals surface area contributed by atoms with Crippen LogP contribution in [0.15, 0.2) is 18.2 Å². The highest BCUT2D eigenvalue weighted by Gasteiger charge is 2.40. The maximum atomic E-state index is 12.5. The number of halogens is 3. The minimum atomic E-state index is -4.46. The van der Waals surface area contributed by atoms with E-state index in [9.17, 15) is 13.2 Å². The van der Waals surface area contributed by atoms with Crippen LogP contribution in [0.2, 0.25) is 0 Å². The number of rotatable bonds is 4. The van der Waals surface area contributed by atoms with Gasteiger partial charge in [0, 0.05) is 12.3 Å². The first-order valence-electron chi connectivity index (χ1n) is 4.82. The number of nitrogens with zero attached hydrogens (tertiary/aromatic N) is 1. The zero-order chi connectivity index (χ0) is 12.2. The van der Waals surface area contributed by atoms with Crippen LogP contribution in [0.3, 0.4) is 0 Å². The summed E-state index contributed by atoms with van der Waals surface area (Å²) in [5.41, 5.74) is 0.641. The van der Waals surface area contributed by atoms with Gasteiger partial charge in [0.2, 0.25) is 6.23 Å². The zero-order valence-corrected chi connectivity index (χ0v) is 9.01. The van der Waals surface area contributed by atoms with Crippen molar-refractivity contribution in [3.63, 3.8) is 0 Å². The summed E-state index contributed by atoms with van der Waals surface area (Å²) in [5.74, 6) is 0.149. The Morgan fingerprint density at radius 3 is 2.62 bits per heavy atom. The van der Waals surface area contributed by atoms with E-state index in [1.165, 1.54) is 13.0 Å². The topological polar surface area (TPSA) is 34.1 Å². The summed E-state index contributed by atoms with van der Waals surface area (Å²) < 4.78 is 42.0. The van der Waals surface area contributed by atoms with Gasteiger partial charge in [-0.05, 0) is 26.0 Å². The number of pyridine rings is 1. The van der Waals surface area contributed by atoms with E-state index in [4.69, 9.17) is 0 Å². The first kappa shape index (κ1) is 12.8. The zero-order valence-electron chi connectivity index (χ0n) is 9.01. The van der Waals surface area contributed by atoms with Crippen molar-refractivity contribution in [2.45, 2.75) is 26.3 Å². The van der Waals surface area contributed by atoms with E-state index < -0.39 is 12.4 Å². The Labute approximate surface area is 91.6 Å². The second kappa shape index (κ2) is 5.16. The summed E-state index contributed by atoms with van der Waals surface area (Å²) in [4.78, 5) is 3.92. The van der Waals surface area contributed by atoms with Crippen LogP contribution in [0.1, 0.15) is 12.6 Å². The quantitative estimate of drug-likeness (QED) is 0.813. The molecule has 0 bridgehead atoms. The van der Waals surface area contributed by atoms with Crippen LogP contribution in [0.5, 0.6) is 0 Å². The maximum Gasteiger partial charge on any atom is 0.433 e. The molecule has 16 heavy (non-hydrogen) atoms. The van der Waals surface area contributed by atoms with Gasteiger partial charge in [-0.25, -0.2) is 4.98 Å². The summed E-state index contributed by atoms with van der Waals surface area (Å²) in [6.45, 7) is 3.18. The SMILES string of the molecule is CCOC(Nc1cccc(C)n1)C(F)(F)F. The number of aromatic nitrogens is 1. The number of aryl methyl sites for hydroxylation is 1. The lowest BCUT2D eigenvalue weighted by Crippen LogP contribution is -2.39. The van der Waals surface area contributed by atoms with Gasteiger partial charge in [0.15, 0.2) is 0 Å². The Morgan fingerprint density at radius 1 is 1.44 bits per heavy atom. The highest BCUT2D eigenvalue weighted by atomic mass is 19.4. The third kappa shape index (κ3) is 3.69. The molecule has 1 atom stereocenters. The summed E-state index contributed by atoms with van der Waals surface area (Å²) in [6.07, 6.45) is -6.48. The van der Waals surface area contributed by atoms with E-state index in [0.29, 0.717) is 5.69 Å². The molecule has 1 unspecified atom stereocenters. The normalized spacial score (nSPS) is 13.6. The number of alkyl halides is 3. The Balaban J connectivity index is 2.76. The van der Waals surface area contributed by atoms with E-state index in [0.717, 1.165) is 0 Å². The smallest absolute Gasteiger partial charge is 0.350 e. The Bertz CT molecular complexity index is 341. The van der Waals surface area contributed by atoms with Crippen LogP contribution >= 0.6 is 0 Å². The van der Waals surface area contributed by atoms with Crippen LogP contribution in [-0.2, 0) is 4.74 Å². The largest absolute Gasteiger partial charge is 0.433 e. The second-order valence-electron chi connectivity index (χ2n) is 3.19. The van der Waals surface area contributed by atoms with Crippen LogP contribution in [0.4, 0.5) is 19.0 Å². The lowest BCUT2D eigenvalue weighted by molar-refractivity contribution is -0.209. The van der Waals surface area contributed by atoms with Gasteiger partial charge in [-0.2, -0.15) is 13.2 Å². The highest BCUT2D eigenvalue weighted by Crippen LogP contribution is 2.23. The molecule has 1 heterocycles. The van der Waals surface area contributed by atoms with Crippen molar-refractivity contribution >= 4 is 5.82 Å². The highest BCUT2D eigenvalue weighted by molar-refractivity contribution is 5.36. The van der Waals surface area contributed by atoms with Crippen molar-refractivity contribution in [1.29, 1.82) is 0 Å². The van der Waals surface area contributed by atoms with Crippen molar-refractivity contribution in [3.05, 3.63) is 23.9 Å². The molecule has 3 nitrogen and oxygen atoms in total. The van der Waals surface area contributed by atoms with Crippen LogP contribution < -0.4 is 5.32 Å². The minimum absolute atomic E-state index is 0.0248. The summed E-state index contributed by atoms with van der Waals surface area (Å²) in [7, 11) is 0. The van der Waals surface area contributed by atoms with Gasteiger partial charge in [-0.3, -0.25) is 0 Å². The number of ether oxygens (including phenoxy) is 1. The average molecular weight is 234 g/mol. The van der Waals surface area contributed by atoms with Crippen LogP contribution in [0, 0.1) is 6.92 Å². The summed E-state index contributed by atoms with van der Waals surface area (Å²) in [6, 6.07) is 4.79. The summed E-state index contributed by atoms with van der Waals surface area (Å²) in [5, 5.41) is 2.20. The van der Waals surface area contributed by atoms with E-state index in [1.54, 1.807) is 19.1 Å². The lowest BCUT2D eigenvalue weighted by Gasteiger charge is -2.21. The van der Waals surface area contributed by atoms with Gasteiger partial charge in [-0.15, -0.1) is 0 Å². The molecule has 1 aromatic rings. The molecule has 0 radical (unpaired) electrons. The Kier molecular flexibility index (Phi) is 4.12. The Morgan fingerprint density at radius 2 is 2.12 bits per heavy atom. The number of nitrogens with one attached hydrogen (secondary N) is 1. The van der Waals surface area contributed by atoms with Gasteiger partial charge in [-0.1, -0.05) is 6.07 Å². The molecule has 90 valence electrons. The van der Waals surface area contributed by atoms with E-state index >= 15 is 0 Å². The predicted molar refractivity (Wildman–Crippen MR) is 54.1 cm³/mol. The second-order valence-corrected chi connectivity index (χ2v) is 3.19. The fourth-order valence-corrected chi connectivity index (χ4v) is 1.14. The first-order chi connectivity index (χ1) is 7.43. The fraction of sp³-hybridized carbons (Fsp3) is 0.500. The van der Waals surface area contributed by atoms with Crippen molar-refractivity contribution < 1.29 is 17.9 Å². The molecular formula is C10H13F3N2O. The molecule has 0 aromatic carbocycles. The van der Waals surface area contributed by atoms with E-state index in [-0.39, 0.29) is 12.4 Å². The number of anilines is 1. The molecule has 0 spiro atoms. The molecule has 6 heteroatoms. The molecule has 0 fully saturated rings. The van der Waals surface area contributed by atoms with E-state index in [1.807, 2.05) is 0 Å². The number of hydrogen-bond acceptors (Lipinski definition) is 3. The maximum absolute atomic E-state index is 12.5. The van der Waals surface area contributed by atoms with Gasteiger partial charge in [0.1, 0.15) is 5.82 Å². The van der Waals surface area contributed by atoms with Gasteiger partial charge < -0.3 is 10.1 Å². The molecule has 0 aliphatic heterocycles. The van der Waals surface area contributed by atoms with Crippen molar-refractivity contribution in [2.75, 3.05) is 11.9 Å². The summed E-state index contributed by atoms with van der Waals surface area (Å²) >= 11 is 0. The lowest BCUT2D eigenvalue weighted by atomic mass is 10.3. The average Bonchev–Trinajstić information content (AvgIpc) is 2.16. The van der Waals surface area contributed by atoms with Crippen molar-refractivity contribution in [1.82, 2.24) is 4.98 Å². The molecule has 0 aliphatic carbocycles. The third-order valence-corrected chi connectivity index (χ3v) is 1.80. The van der Waals surface area contributed by atoms with Gasteiger partial charge >= 0.3 is 6.18 Å². The molecule has 0 amide bonds. The monoisotopic (exact) mass is 234 g/mol. The van der Waals surface area contributed by atoms with Crippen LogP contribution in [-0.4, -0.2) is 24.0 Å². The van der Waals surface area contributed by atoms with E-state index in [2.05, 4.69) is 15.0 Å². The Hall–Kier alpha value is -1.30. The van der Waals surface area contributed by atoms with Crippen molar-refractivity contribution in [2.24, 2.45) is 0 Å². The molecule has 1 aromatic heterocycles. The fourth-order valence-electron chi connectivity index (χ4n) is 1.14. The van der Waals surface area contributed by atoms with Gasteiger partial charge in [0.25, 0.3) is 0 Å². The molecular weight excluding hydrogens is 221 g/mol. The molecule has 0 saturated carbocycles.